The molecule has 0 aliphatic heterocycles. The van der Waals surface area contributed by atoms with E-state index in [1.165, 1.54) is 5.56 Å². The van der Waals surface area contributed by atoms with E-state index in [1.807, 2.05) is 18.2 Å². The molecule has 0 saturated heterocycles. The molecule has 3 nitrogen and oxygen atoms in total. The van der Waals surface area contributed by atoms with Crippen molar-refractivity contribution in [2.45, 2.75) is 26.3 Å². The molecule has 0 fully saturated rings. The SMILES string of the molecule is CCN(CC)C(CC(=N)N)c1ccccc1. The van der Waals surface area contributed by atoms with Crippen LogP contribution in [0.3, 0.4) is 0 Å². The second-order valence-electron chi connectivity index (χ2n) is 3.88. The van der Waals surface area contributed by atoms with E-state index in [0.29, 0.717) is 6.42 Å². The van der Waals surface area contributed by atoms with Crippen molar-refractivity contribution in [1.29, 1.82) is 5.41 Å². The molecule has 16 heavy (non-hydrogen) atoms. The summed E-state index contributed by atoms with van der Waals surface area (Å²) >= 11 is 0. The third-order valence-corrected chi connectivity index (χ3v) is 2.85. The van der Waals surface area contributed by atoms with Gasteiger partial charge < -0.3 is 5.73 Å². The topological polar surface area (TPSA) is 53.1 Å². The average Bonchev–Trinajstić information content (AvgIpc) is 2.30. The van der Waals surface area contributed by atoms with Crippen molar-refractivity contribution in [3.63, 3.8) is 0 Å². The molecular weight excluding hydrogens is 198 g/mol. The van der Waals surface area contributed by atoms with Crippen molar-refractivity contribution in [3.05, 3.63) is 35.9 Å². The molecule has 1 rings (SSSR count). The molecule has 0 saturated carbocycles. The van der Waals surface area contributed by atoms with Crippen LogP contribution in [0.4, 0.5) is 0 Å². The fourth-order valence-corrected chi connectivity index (χ4v) is 2.01. The van der Waals surface area contributed by atoms with Crippen molar-refractivity contribution in [1.82, 2.24) is 4.90 Å². The molecule has 1 aromatic rings. The van der Waals surface area contributed by atoms with Crippen LogP contribution >= 0.6 is 0 Å². The highest BCUT2D eigenvalue weighted by Crippen LogP contribution is 2.23. The summed E-state index contributed by atoms with van der Waals surface area (Å²) in [6.45, 7) is 6.23. The molecular formula is C13H21N3. The zero-order valence-corrected chi connectivity index (χ0v) is 10.1. The lowest BCUT2D eigenvalue weighted by Gasteiger charge is -2.29. The van der Waals surface area contributed by atoms with E-state index in [2.05, 4.69) is 30.9 Å². The molecule has 0 aliphatic rings. The summed E-state index contributed by atoms with van der Waals surface area (Å²) in [5, 5.41) is 7.47. The van der Waals surface area contributed by atoms with E-state index in [4.69, 9.17) is 11.1 Å². The van der Waals surface area contributed by atoms with Crippen LogP contribution in [-0.2, 0) is 0 Å². The highest BCUT2D eigenvalue weighted by atomic mass is 15.1. The van der Waals surface area contributed by atoms with Gasteiger partial charge in [0.2, 0.25) is 0 Å². The van der Waals surface area contributed by atoms with E-state index in [1.54, 1.807) is 0 Å². The fourth-order valence-electron chi connectivity index (χ4n) is 2.01. The zero-order chi connectivity index (χ0) is 12.0. The molecule has 0 aromatic heterocycles. The summed E-state index contributed by atoms with van der Waals surface area (Å²) in [7, 11) is 0. The van der Waals surface area contributed by atoms with Crippen LogP contribution in [0.5, 0.6) is 0 Å². The minimum absolute atomic E-state index is 0.230. The molecule has 0 heterocycles. The summed E-state index contributed by atoms with van der Waals surface area (Å²) in [5.41, 5.74) is 6.77. The first-order valence-corrected chi connectivity index (χ1v) is 5.80. The number of hydrogen-bond acceptors (Lipinski definition) is 2. The van der Waals surface area contributed by atoms with Gasteiger partial charge in [0.1, 0.15) is 0 Å². The summed E-state index contributed by atoms with van der Waals surface area (Å²) in [5.74, 6) is 0.251. The predicted octanol–water partition coefficient (Wildman–Crippen LogP) is 2.40. The molecule has 3 N–H and O–H groups in total. The van der Waals surface area contributed by atoms with Crippen molar-refractivity contribution in [3.8, 4) is 0 Å². The molecule has 0 radical (unpaired) electrons. The summed E-state index contributed by atoms with van der Waals surface area (Å²) in [6.07, 6.45) is 0.603. The lowest BCUT2D eigenvalue weighted by molar-refractivity contribution is 0.223. The van der Waals surface area contributed by atoms with Gasteiger partial charge in [-0.25, -0.2) is 0 Å². The minimum Gasteiger partial charge on any atom is -0.388 e. The summed E-state index contributed by atoms with van der Waals surface area (Å²) in [4.78, 5) is 2.33. The van der Waals surface area contributed by atoms with Gasteiger partial charge in [-0.05, 0) is 18.7 Å². The van der Waals surface area contributed by atoms with E-state index in [0.717, 1.165) is 13.1 Å². The number of nitrogens with zero attached hydrogens (tertiary/aromatic N) is 1. The van der Waals surface area contributed by atoms with Gasteiger partial charge in [0.05, 0.1) is 5.84 Å². The second-order valence-corrected chi connectivity index (χ2v) is 3.88. The molecule has 0 bridgehead atoms. The monoisotopic (exact) mass is 219 g/mol. The Morgan fingerprint density at radius 1 is 1.25 bits per heavy atom. The van der Waals surface area contributed by atoms with Gasteiger partial charge in [0, 0.05) is 12.5 Å². The van der Waals surface area contributed by atoms with E-state index >= 15 is 0 Å². The van der Waals surface area contributed by atoms with Gasteiger partial charge in [0.25, 0.3) is 0 Å². The maximum absolute atomic E-state index is 7.47. The Kier molecular flexibility index (Phi) is 4.99. The Morgan fingerprint density at radius 3 is 2.25 bits per heavy atom. The molecule has 1 unspecified atom stereocenters. The molecule has 88 valence electrons. The number of nitrogens with two attached hydrogens (primary N) is 1. The summed E-state index contributed by atoms with van der Waals surface area (Å²) < 4.78 is 0. The second kappa shape index (κ2) is 6.28. The Labute approximate surface area is 97.8 Å². The Morgan fingerprint density at radius 2 is 1.81 bits per heavy atom. The van der Waals surface area contributed by atoms with E-state index in [-0.39, 0.29) is 11.9 Å². The Bertz CT molecular complexity index is 317. The van der Waals surface area contributed by atoms with Crippen LogP contribution in [0, 0.1) is 5.41 Å². The molecule has 0 amide bonds. The smallest absolute Gasteiger partial charge is 0.0924 e. The lowest BCUT2D eigenvalue weighted by atomic mass is 10.0. The van der Waals surface area contributed by atoms with Gasteiger partial charge in [-0.1, -0.05) is 44.2 Å². The third-order valence-electron chi connectivity index (χ3n) is 2.85. The zero-order valence-electron chi connectivity index (χ0n) is 10.1. The molecule has 1 aromatic carbocycles. The maximum atomic E-state index is 7.47. The quantitative estimate of drug-likeness (QED) is 0.570. The largest absolute Gasteiger partial charge is 0.388 e. The highest BCUT2D eigenvalue weighted by molar-refractivity contribution is 5.77. The standard InChI is InChI=1S/C13H21N3/c1-3-16(4-2)12(10-13(14)15)11-8-6-5-7-9-11/h5-9,12H,3-4,10H2,1-2H3,(H3,14,15). The number of amidine groups is 1. The lowest BCUT2D eigenvalue weighted by Crippen LogP contribution is -2.31. The van der Waals surface area contributed by atoms with Crippen molar-refractivity contribution in [2.75, 3.05) is 13.1 Å². The van der Waals surface area contributed by atoms with Crippen molar-refractivity contribution < 1.29 is 0 Å². The number of rotatable bonds is 6. The van der Waals surface area contributed by atoms with Crippen LogP contribution in [0.2, 0.25) is 0 Å². The van der Waals surface area contributed by atoms with Gasteiger partial charge in [0.15, 0.2) is 0 Å². The molecule has 0 aliphatic carbocycles. The normalized spacial score (nSPS) is 12.7. The first-order chi connectivity index (χ1) is 7.69. The predicted molar refractivity (Wildman–Crippen MR) is 68.6 cm³/mol. The van der Waals surface area contributed by atoms with E-state index < -0.39 is 0 Å². The first kappa shape index (κ1) is 12.7. The molecule has 0 spiro atoms. The fraction of sp³-hybridized carbons (Fsp3) is 0.462. The Hall–Kier alpha value is -1.35. The van der Waals surface area contributed by atoms with Crippen molar-refractivity contribution in [2.24, 2.45) is 5.73 Å². The molecule has 3 heteroatoms. The third kappa shape index (κ3) is 3.35. The highest BCUT2D eigenvalue weighted by Gasteiger charge is 2.18. The maximum Gasteiger partial charge on any atom is 0.0924 e. The van der Waals surface area contributed by atoms with Crippen molar-refractivity contribution >= 4 is 5.84 Å². The van der Waals surface area contributed by atoms with Gasteiger partial charge in [-0.15, -0.1) is 0 Å². The number of hydrogen-bond donors (Lipinski definition) is 2. The average molecular weight is 219 g/mol. The van der Waals surface area contributed by atoms with Crippen LogP contribution in [0.1, 0.15) is 31.9 Å². The first-order valence-electron chi connectivity index (χ1n) is 5.80. The molecule has 1 atom stereocenters. The van der Waals surface area contributed by atoms with E-state index in [9.17, 15) is 0 Å². The van der Waals surface area contributed by atoms with Crippen LogP contribution in [0.15, 0.2) is 30.3 Å². The Balaban J connectivity index is 2.90. The van der Waals surface area contributed by atoms with Crippen LogP contribution in [0.25, 0.3) is 0 Å². The van der Waals surface area contributed by atoms with Gasteiger partial charge >= 0.3 is 0 Å². The summed E-state index contributed by atoms with van der Waals surface area (Å²) in [6, 6.07) is 10.5. The van der Waals surface area contributed by atoms with Crippen LogP contribution in [-0.4, -0.2) is 23.8 Å². The van der Waals surface area contributed by atoms with Gasteiger partial charge in [-0.2, -0.15) is 0 Å². The number of nitrogens with one attached hydrogen (secondary N) is 1. The van der Waals surface area contributed by atoms with Crippen LogP contribution < -0.4 is 5.73 Å². The van der Waals surface area contributed by atoms with Gasteiger partial charge in [-0.3, -0.25) is 10.3 Å². The number of benzene rings is 1. The minimum atomic E-state index is 0.230.